The summed E-state index contributed by atoms with van der Waals surface area (Å²) in [5.74, 6) is -1.45. The third kappa shape index (κ3) is 4.13. The topological polar surface area (TPSA) is 123 Å². The Bertz CT molecular complexity index is 417. The number of rotatable bonds is 7. The molecule has 0 spiro atoms. The minimum Gasteiger partial charge on any atom is -0.480 e. The standard InChI is InChI=1S/C10H17N5O3/c1-2-3-8(10(17)18)12-9(16)6-15-5-7(4-11)13-14-15/h5,8H,2-4,6,11H2,1H3,(H,12,16)(H,17,18)/t8-/m0/s1. The third-order valence-corrected chi connectivity index (χ3v) is 2.31. The molecule has 0 aliphatic carbocycles. The lowest BCUT2D eigenvalue weighted by Gasteiger charge is -2.13. The Morgan fingerprint density at radius 3 is 2.83 bits per heavy atom. The van der Waals surface area contributed by atoms with Crippen LogP contribution in [-0.2, 0) is 22.7 Å². The van der Waals surface area contributed by atoms with Crippen molar-refractivity contribution in [2.24, 2.45) is 5.73 Å². The van der Waals surface area contributed by atoms with Gasteiger partial charge in [0.15, 0.2) is 0 Å². The number of nitrogens with one attached hydrogen (secondary N) is 1. The first-order valence-corrected chi connectivity index (χ1v) is 5.68. The summed E-state index contributed by atoms with van der Waals surface area (Å²) in [4.78, 5) is 22.5. The SMILES string of the molecule is CCC[C@H](NC(=O)Cn1cc(CN)nn1)C(=O)O. The van der Waals surface area contributed by atoms with Gasteiger partial charge in [-0.15, -0.1) is 5.10 Å². The highest BCUT2D eigenvalue weighted by atomic mass is 16.4. The maximum absolute atomic E-state index is 11.6. The van der Waals surface area contributed by atoms with E-state index in [1.807, 2.05) is 6.92 Å². The molecule has 1 aromatic rings. The van der Waals surface area contributed by atoms with Crippen LogP contribution >= 0.6 is 0 Å². The Morgan fingerprint density at radius 2 is 2.33 bits per heavy atom. The Morgan fingerprint density at radius 1 is 1.61 bits per heavy atom. The Labute approximate surface area is 104 Å². The van der Waals surface area contributed by atoms with Crippen LogP contribution in [0.5, 0.6) is 0 Å². The molecule has 100 valence electrons. The van der Waals surface area contributed by atoms with E-state index in [1.54, 1.807) is 6.20 Å². The molecule has 0 bridgehead atoms. The van der Waals surface area contributed by atoms with Crippen LogP contribution in [0.15, 0.2) is 6.20 Å². The molecular formula is C10H17N5O3. The fourth-order valence-electron chi connectivity index (χ4n) is 1.44. The molecule has 8 nitrogen and oxygen atoms in total. The molecule has 1 heterocycles. The number of aromatic nitrogens is 3. The summed E-state index contributed by atoms with van der Waals surface area (Å²) in [5, 5.41) is 18.8. The number of carboxylic acid groups (broad SMARTS) is 1. The normalized spacial score (nSPS) is 12.1. The second-order valence-corrected chi connectivity index (χ2v) is 3.86. The van der Waals surface area contributed by atoms with E-state index in [0.717, 1.165) is 0 Å². The summed E-state index contributed by atoms with van der Waals surface area (Å²) in [6, 6.07) is -0.861. The van der Waals surface area contributed by atoms with E-state index in [4.69, 9.17) is 10.8 Å². The molecule has 0 aliphatic heterocycles. The number of carboxylic acids is 1. The Balaban J connectivity index is 2.51. The number of nitrogens with zero attached hydrogens (tertiary/aromatic N) is 3. The van der Waals surface area contributed by atoms with Crippen LogP contribution in [0, 0.1) is 0 Å². The van der Waals surface area contributed by atoms with Gasteiger partial charge in [0, 0.05) is 6.54 Å². The van der Waals surface area contributed by atoms with E-state index < -0.39 is 17.9 Å². The number of carbonyl (C=O) groups excluding carboxylic acids is 1. The Hall–Kier alpha value is -1.96. The van der Waals surface area contributed by atoms with Crippen molar-refractivity contribution in [1.82, 2.24) is 20.3 Å². The van der Waals surface area contributed by atoms with Gasteiger partial charge >= 0.3 is 5.97 Å². The summed E-state index contributed by atoms with van der Waals surface area (Å²) >= 11 is 0. The van der Waals surface area contributed by atoms with Crippen molar-refractivity contribution in [2.75, 3.05) is 0 Å². The number of carbonyl (C=O) groups is 2. The van der Waals surface area contributed by atoms with Gasteiger partial charge in [0.05, 0.1) is 11.9 Å². The fourth-order valence-corrected chi connectivity index (χ4v) is 1.44. The van der Waals surface area contributed by atoms with Gasteiger partial charge in [-0.3, -0.25) is 4.79 Å². The van der Waals surface area contributed by atoms with Crippen molar-refractivity contribution in [1.29, 1.82) is 0 Å². The van der Waals surface area contributed by atoms with Crippen LogP contribution in [0.25, 0.3) is 0 Å². The van der Waals surface area contributed by atoms with Crippen LogP contribution in [0.3, 0.4) is 0 Å². The molecule has 0 fully saturated rings. The highest BCUT2D eigenvalue weighted by molar-refractivity contribution is 5.83. The summed E-state index contributed by atoms with van der Waals surface area (Å²) < 4.78 is 1.32. The minimum atomic E-state index is -1.04. The molecule has 0 aliphatic rings. The molecule has 1 aromatic heterocycles. The predicted octanol–water partition coefficient (Wildman–Crippen LogP) is -0.894. The molecule has 18 heavy (non-hydrogen) atoms. The van der Waals surface area contributed by atoms with Crippen molar-refractivity contribution in [3.05, 3.63) is 11.9 Å². The van der Waals surface area contributed by atoms with E-state index in [1.165, 1.54) is 4.68 Å². The van der Waals surface area contributed by atoms with Crippen molar-refractivity contribution < 1.29 is 14.7 Å². The van der Waals surface area contributed by atoms with Gasteiger partial charge in [-0.2, -0.15) is 0 Å². The van der Waals surface area contributed by atoms with E-state index >= 15 is 0 Å². The molecule has 1 amide bonds. The molecule has 1 rings (SSSR count). The molecule has 8 heteroatoms. The van der Waals surface area contributed by atoms with Gasteiger partial charge in [-0.1, -0.05) is 18.6 Å². The first-order chi connectivity index (χ1) is 8.56. The van der Waals surface area contributed by atoms with Crippen LogP contribution in [-0.4, -0.2) is 38.0 Å². The summed E-state index contributed by atoms with van der Waals surface area (Å²) in [7, 11) is 0. The predicted molar refractivity (Wildman–Crippen MR) is 62.4 cm³/mol. The number of amides is 1. The summed E-state index contributed by atoms with van der Waals surface area (Å²) in [6.45, 7) is 2.03. The quantitative estimate of drug-likeness (QED) is 0.580. The molecule has 0 aromatic carbocycles. The molecular weight excluding hydrogens is 238 g/mol. The lowest BCUT2D eigenvalue weighted by Crippen LogP contribution is -2.42. The second kappa shape index (κ2) is 6.70. The first kappa shape index (κ1) is 14.1. The zero-order chi connectivity index (χ0) is 13.5. The minimum absolute atomic E-state index is 0.0690. The lowest BCUT2D eigenvalue weighted by molar-refractivity contribution is -0.142. The highest BCUT2D eigenvalue weighted by Gasteiger charge is 2.18. The Kier molecular flexibility index (Phi) is 5.25. The largest absolute Gasteiger partial charge is 0.480 e. The second-order valence-electron chi connectivity index (χ2n) is 3.86. The van der Waals surface area contributed by atoms with Crippen molar-refractivity contribution in [2.45, 2.75) is 38.9 Å². The lowest BCUT2D eigenvalue weighted by atomic mass is 10.1. The molecule has 0 radical (unpaired) electrons. The average Bonchev–Trinajstić information content (AvgIpc) is 2.76. The maximum atomic E-state index is 11.6. The number of nitrogens with two attached hydrogens (primary N) is 1. The number of aliphatic carboxylic acids is 1. The van der Waals surface area contributed by atoms with Crippen molar-refractivity contribution in [3.8, 4) is 0 Å². The summed E-state index contributed by atoms with van der Waals surface area (Å²) in [5.41, 5.74) is 5.94. The van der Waals surface area contributed by atoms with Gasteiger partial charge in [0.25, 0.3) is 0 Å². The average molecular weight is 255 g/mol. The maximum Gasteiger partial charge on any atom is 0.326 e. The molecule has 0 unspecified atom stereocenters. The zero-order valence-corrected chi connectivity index (χ0v) is 10.2. The number of hydrogen-bond donors (Lipinski definition) is 3. The third-order valence-electron chi connectivity index (χ3n) is 2.31. The van der Waals surface area contributed by atoms with Crippen LogP contribution in [0.1, 0.15) is 25.5 Å². The van der Waals surface area contributed by atoms with Gasteiger partial charge in [0.1, 0.15) is 12.6 Å². The van der Waals surface area contributed by atoms with Gasteiger partial charge in [-0.25, -0.2) is 9.48 Å². The van der Waals surface area contributed by atoms with Crippen LogP contribution in [0.2, 0.25) is 0 Å². The van der Waals surface area contributed by atoms with E-state index in [0.29, 0.717) is 18.5 Å². The molecule has 0 saturated heterocycles. The van der Waals surface area contributed by atoms with Gasteiger partial charge in [-0.05, 0) is 6.42 Å². The van der Waals surface area contributed by atoms with E-state index in [2.05, 4.69) is 15.6 Å². The number of hydrogen-bond acceptors (Lipinski definition) is 5. The van der Waals surface area contributed by atoms with Gasteiger partial charge in [0.2, 0.25) is 5.91 Å². The fraction of sp³-hybridized carbons (Fsp3) is 0.600. The molecule has 4 N–H and O–H groups in total. The van der Waals surface area contributed by atoms with Crippen LogP contribution < -0.4 is 11.1 Å². The van der Waals surface area contributed by atoms with Crippen molar-refractivity contribution >= 4 is 11.9 Å². The monoisotopic (exact) mass is 255 g/mol. The summed E-state index contributed by atoms with van der Waals surface area (Å²) in [6.07, 6.45) is 2.62. The molecule has 1 atom stereocenters. The van der Waals surface area contributed by atoms with E-state index in [-0.39, 0.29) is 13.1 Å². The highest BCUT2D eigenvalue weighted by Crippen LogP contribution is 1.97. The van der Waals surface area contributed by atoms with Crippen molar-refractivity contribution in [3.63, 3.8) is 0 Å². The zero-order valence-electron chi connectivity index (χ0n) is 10.2. The van der Waals surface area contributed by atoms with E-state index in [9.17, 15) is 9.59 Å². The first-order valence-electron chi connectivity index (χ1n) is 5.68. The molecule has 0 saturated carbocycles. The van der Waals surface area contributed by atoms with Gasteiger partial charge < -0.3 is 16.2 Å². The van der Waals surface area contributed by atoms with Crippen LogP contribution in [0.4, 0.5) is 0 Å². The smallest absolute Gasteiger partial charge is 0.326 e.